The normalized spacial score (nSPS) is 14.8. The van der Waals surface area contributed by atoms with E-state index in [9.17, 15) is 4.79 Å². The van der Waals surface area contributed by atoms with Crippen LogP contribution >= 0.6 is 23.2 Å². The van der Waals surface area contributed by atoms with Gasteiger partial charge in [-0.15, -0.1) is 0 Å². The summed E-state index contributed by atoms with van der Waals surface area (Å²) in [6, 6.07) is 11.5. The highest BCUT2D eigenvalue weighted by Crippen LogP contribution is 2.41. The molecule has 0 bridgehead atoms. The molecule has 1 fully saturated rings. The molecule has 0 spiro atoms. The van der Waals surface area contributed by atoms with Crippen LogP contribution < -0.4 is 15.4 Å². The van der Waals surface area contributed by atoms with E-state index in [0.717, 1.165) is 11.1 Å². The molecule has 4 nitrogen and oxygen atoms in total. The number of hydrogen-bond donors (Lipinski definition) is 2. The molecule has 26 heavy (non-hydrogen) atoms. The first-order valence-corrected chi connectivity index (χ1v) is 9.36. The Morgan fingerprint density at radius 1 is 1.23 bits per heavy atom. The summed E-state index contributed by atoms with van der Waals surface area (Å²) in [4.78, 5) is 12.4. The van der Waals surface area contributed by atoms with Crippen molar-refractivity contribution in [2.45, 2.75) is 25.8 Å². The Morgan fingerprint density at radius 3 is 2.54 bits per heavy atom. The predicted molar refractivity (Wildman–Crippen MR) is 106 cm³/mol. The van der Waals surface area contributed by atoms with E-state index in [1.165, 1.54) is 12.8 Å². The maximum absolute atomic E-state index is 12.4. The van der Waals surface area contributed by atoms with Gasteiger partial charge in [-0.3, -0.25) is 4.79 Å². The molecule has 1 atom stereocenters. The lowest BCUT2D eigenvalue weighted by Crippen LogP contribution is -2.32. The van der Waals surface area contributed by atoms with Crippen LogP contribution in [0, 0.1) is 12.8 Å². The van der Waals surface area contributed by atoms with E-state index >= 15 is 0 Å². The number of amides is 1. The number of ether oxygens (including phenoxy) is 1. The van der Waals surface area contributed by atoms with Gasteiger partial charge in [-0.05, 0) is 55.0 Å². The van der Waals surface area contributed by atoms with Gasteiger partial charge in [-0.1, -0.05) is 35.3 Å². The Labute approximate surface area is 163 Å². The molecule has 3 rings (SSSR count). The summed E-state index contributed by atoms with van der Waals surface area (Å²) in [7, 11) is 1.55. The van der Waals surface area contributed by atoms with Crippen molar-refractivity contribution < 1.29 is 9.53 Å². The van der Waals surface area contributed by atoms with Gasteiger partial charge in [-0.25, -0.2) is 0 Å². The van der Waals surface area contributed by atoms with E-state index in [4.69, 9.17) is 27.9 Å². The second-order valence-electron chi connectivity index (χ2n) is 6.60. The first-order chi connectivity index (χ1) is 12.5. The van der Waals surface area contributed by atoms with Gasteiger partial charge in [0, 0.05) is 22.2 Å². The molecular formula is C20H22Cl2N2O2. The molecule has 138 valence electrons. The third kappa shape index (κ3) is 4.70. The van der Waals surface area contributed by atoms with Crippen LogP contribution in [-0.2, 0) is 4.79 Å². The Balaban J connectivity index is 1.64. The minimum Gasteiger partial charge on any atom is -0.495 e. The summed E-state index contributed by atoms with van der Waals surface area (Å²) < 4.78 is 5.30. The number of methoxy groups -OCH3 is 1. The van der Waals surface area contributed by atoms with Crippen LogP contribution in [0.2, 0.25) is 10.0 Å². The van der Waals surface area contributed by atoms with Crippen molar-refractivity contribution in [2.75, 3.05) is 19.0 Å². The van der Waals surface area contributed by atoms with Crippen LogP contribution in [0.1, 0.15) is 30.0 Å². The lowest BCUT2D eigenvalue weighted by atomic mass is 10.0. The number of hydrogen-bond acceptors (Lipinski definition) is 3. The summed E-state index contributed by atoms with van der Waals surface area (Å²) >= 11 is 12.1. The molecule has 0 aromatic heterocycles. The van der Waals surface area contributed by atoms with Crippen molar-refractivity contribution in [1.82, 2.24) is 5.32 Å². The molecule has 0 saturated heterocycles. The first-order valence-electron chi connectivity index (χ1n) is 8.60. The van der Waals surface area contributed by atoms with Crippen molar-refractivity contribution in [3.8, 4) is 5.75 Å². The van der Waals surface area contributed by atoms with E-state index in [1.807, 2.05) is 37.3 Å². The summed E-state index contributed by atoms with van der Waals surface area (Å²) in [5, 5.41) is 7.60. The van der Waals surface area contributed by atoms with Crippen molar-refractivity contribution in [1.29, 1.82) is 0 Å². The van der Waals surface area contributed by atoms with E-state index in [0.29, 0.717) is 27.4 Å². The highest BCUT2D eigenvalue weighted by molar-refractivity contribution is 6.31. The highest BCUT2D eigenvalue weighted by Gasteiger charge is 2.32. The van der Waals surface area contributed by atoms with Crippen LogP contribution in [-0.4, -0.2) is 19.6 Å². The molecule has 1 aliphatic carbocycles. The summed E-state index contributed by atoms with van der Waals surface area (Å²) in [6.07, 6.45) is 2.35. The molecule has 2 aromatic rings. The number of nitrogens with one attached hydrogen (secondary N) is 2. The fourth-order valence-electron chi connectivity index (χ4n) is 2.98. The van der Waals surface area contributed by atoms with E-state index < -0.39 is 0 Å². The molecule has 1 amide bonds. The molecule has 0 aliphatic heterocycles. The lowest BCUT2D eigenvalue weighted by molar-refractivity contribution is -0.115. The maximum Gasteiger partial charge on any atom is 0.238 e. The monoisotopic (exact) mass is 392 g/mol. The molecular weight excluding hydrogens is 371 g/mol. The third-order valence-corrected chi connectivity index (χ3v) is 5.22. The Hall–Kier alpha value is -1.75. The van der Waals surface area contributed by atoms with Gasteiger partial charge in [0.25, 0.3) is 0 Å². The smallest absolute Gasteiger partial charge is 0.238 e. The van der Waals surface area contributed by atoms with Gasteiger partial charge in [0.1, 0.15) is 5.75 Å². The standard InChI is InChI=1S/C20H22Cl2N2O2/c1-12-9-17(18(26-2)10-16(12)22)24-19(25)11-23-20(13-3-4-13)14-5-7-15(21)8-6-14/h5-10,13,20,23H,3-4,11H2,1-2H3,(H,24,25). The number of aryl methyl sites for hydroxylation is 1. The fourth-order valence-corrected chi connectivity index (χ4v) is 3.26. The zero-order valence-corrected chi connectivity index (χ0v) is 16.3. The Bertz CT molecular complexity index is 789. The molecule has 2 aromatic carbocycles. The molecule has 6 heteroatoms. The maximum atomic E-state index is 12.4. The van der Waals surface area contributed by atoms with Crippen molar-refractivity contribution in [3.05, 3.63) is 57.6 Å². The van der Waals surface area contributed by atoms with Crippen LogP contribution in [0.15, 0.2) is 36.4 Å². The van der Waals surface area contributed by atoms with Gasteiger partial charge in [0.05, 0.1) is 19.3 Å². The molecule has 0 radical (unpaired) electrons. The number of halogens is 2. The summed E-state index contributed by atoms with van der Waals surface area (Å²) in [5.74, 6) is 0.992. The van der Waals surface area contributed by atoms with E-state index in [2.05, 4.69) is 10.6 Å². The molecule has 0 heterocycles. The fraction of sp³-hybridized carbons (Fsp3) is 0.350. The molecule has 1 saturated carbocycles. The zero-order chi connectivity index (χ0) is 18.7. The molecule has 2 N–H and O–H groups in total. The van der Waals surface area contributed by atoms with Crippen LogP contribution in [0.5, 0.6) is 5.75 Å². The second kappa shape index (κ2) is 8.30. The first kappa shape index (κ1) is 19.0. The van der Waals surface area contributed by atoms with E-state index in [1.54, 1.807) is 13.2 Å². The predicted octanol–water partition coefficient (Wildman–Crippen LogP) is 4.99. The quantitative estimate of drug-likeness (QED) is 0.697. The lowest BCUT2D eigenvalue weighted by Gasteiger charge is -2.19. The average Bonchev–Trinajstić information content (AvgIpc) is 3.44. The number of carbonyl (C=O) groups is 1. The summed E-state index contributed by atoms with van der Waals surface area (Å²) in [5.41, 5.74) is 2.66. The zero-order valence-electron chi connectivity index (χ0n) is 14.8. The minimum atomic E-state index is -0.121. The largest absolute Gasteiger partial charge is 0.495 e. The number of carbonyl (C=O) groups excluding carboxylic acids is 1. The van der Waals surface area contributed by atoms with Gasteiger partial charge < -0.3 is 15.4 Å². The van der Waals surface area contributed by atoms with Crippen molar-refractivity contribution in [2.24, 2.45) is 5.92 Å². The van der Waals surface area contributed by atoms with Crippen LogP contribution in [0.4, 0.5) is 5.69 Å². The average molecular weight is 393 g/mol. The Morgan fingerprint density at radius 2 is 1.92 bits per heavy atom. The molecule has 1 unspecified atom stereocenters. The number of benzene rings is 2. The highest BCUT2D eigenvalue weighted by atomic mass is 35.5. The minimum absolute atomic E-state index is 0.121. The van der Waals surface area contributed by atoms with Crippen LogP contribution in [0.25, 0.3) is 0 Å². The Kier molecular flexibility index (Phi) is 6.07. The van der Waals surface area contributed by atoms with Gasteiger partial charge in [-0.2, -0.15) is 0 Å². The molecule has 1 aliphatic rings. The van der Waals surface area contributed by atoms with Crippen LogP contribution in [0.3, 0.4) is 0 Å². The topological polar surface area (TPSA) is 50.4 Å². The summed E-state index contributed by atoms with van der Waals surface area (Å²) in [6.45, 7) is 2.11. The number of rotatable bonds is 7. The second-order valence-corrected chi connectivity index (χ2v) is 7.44. The van der Waals surface area contributed by atoms with E-state index in [-0.39, 0.29) is 18.5 Å². The number of anilines is 1. The van der Waals surface area contributed by atoms with Crippen molar-refractivity contribution in [3.63, 3.8) is 0 Å². The SMILES string of the molecule is COc1cc(Cl)c(C)cc1NC(=O)CNC(c1ccc(Cl)cc1)C1CC1. The third-order valence-electron chi connectivity index (χ3n) is 4.56. The van der Waals surface area contributed by atoms with Gasteiger partial charge in [0.2, 0.25) is 5.91 Å². The van der Waals surface area contributed by atoms with Gasteiger partial charge in [0.15, 0.2) is 0 Å². The van der Waals surface area contributed by atoms with Gasteiger partial charge >= 0.3 is 0 Å². The van der Waals surface area contributed by atoms with Crippen molar-refractivity contribution >= 4 is 34.8 Å².